The van der Waals surface area contributed by atoms with E-state index in [4.69, 9.17) is 0 Å². The van der Waals surface area contributed by atoms with E-state index in [1.807, 2.05) is 11.3 Å². The first kappa shape index (κ1) is 12.6. The van der Waals surface area contributed by atoms with Gasteiger partial charge < -0.3 is 4.98 Å². The molecule has 0 saturated carbocycles. The zero-order chi connectivity index (χ0) is 15.7. The summed E-state index contributed by atoms with van der Waals surface area (Å²) in [6.07, 6.45) is 0. The number of H-pyrrole nitrogens is 1. The van der Waals surface area contributed by atoms with Crippen molar-refractivity contribution >= 4 is 64.1 Å². The highest BCUT2D eigenvalue weighted by molar-refractivity contribution is 7.26. The van der Waals surface area contributed by atoms with Crippen LogP contribution in [0.3, 0.4) is 0 Å². The number of para-hydroxylation sites is 1. The van der Waals surface area contributed by atoms with E-state index in [1.54, 1.807) is 0 Å². The van der Waals surface area contributed by atoms with Crippen molar-refractivity contribution in [2.75, 3.05) is 0 Å². The van der Waals surface area contributed by atoms with E-state index < -0.39 is 0 Å². The quantitative estimate of drug-likeness (QED) is 0.315. The molecule has 0 radical (unpaired) electrons. The topological polar surface area (TPSA) is 15.8 Å². The Bertz CT molecular complexity index is 1290. The van der Waals surface area contributed by atoms with Crippen molar-refractivity contribution in [3.8, 4) is 0 Å². The molecular weight excluding hydrogens is 310 g/mol. The zero-order valence-corrected chi connectivity index (χ0v) is 13.7. The third-order valence-electron chi connectivity index (χ3n) is 5.02. The lowest BCUT2D eigenvalue weighted by atomic mass is 10.0. The van der Waals surface area contributed by atoms with Gasteiger partial charge in [-0.3, -0.25) is 0 Å². The molecule has 0 saturated heterocycles. The van der Waals surface area contributed by atoms with Gasteiger partial charge in [-0.25, -0.2) is 0 Å². The van der Waals surface area contributed by atoms with Crippen LogP contribution in [-0.2, 0) is 0 Å². The maximum absolute atomic E-state index is 3.62. The molecule has 0 bridgehead atoms. The fraction of sp³-hybridized carbons (Fsp3) is 0. The molecule has 24 heavy (non-hydrogen) atoms. The molecule has 0 unspecified atom stereocenters. The number of hydrogen-bond acceptors (Lipinski definition) is 1. The van der Waals surface area contributed by atoms with Crippen LogP contribution in [0.1, 0.15) is 0 Å². The van der Waals surface area contributed by atoms with Crippen molar-refractivity contribution in [1.82, 2.24) is 4.98 Å². The number of rotatable bonds is 0. The van der Waals surface area contributed by atoms with E-state index in [0.717, 1.165) is 0 Å². The van der Waals surface area contributed by atoms with E-state index in [-0.39, 0.29) is 0 Å². The van der Waals surface area contributed by atoms with Gasteiger partial charge in [-0.05, 0) is 12.1 Å². The zero-order valence-electron chi connectivity index (χ0n) is 12.8. The molecule has 0 spiro atoms. The normalized spacial score (nSPS) is 12.2. The van der Waals surface area contributed by atoms with Gasteiger partial charge in [-0.15, -0.1) is 11.3 Å². The van der Waals surface area contributed by atoms with Gasteiger partial charge in [0, 0.05) is 47.2 Å². The fourth-order valence-electron chi connectivity index (χ4n) is 3.91. The van der Waals surface area contributed by atoms with Gasteiger partial charge in [0.2, 0.25) is 0 Å². The van der Waals surface area contributed by atoms with Crippen molar-refractivity contribution in [3.63, 3.8) is 0 Å². The molecule has 2 heteroatoms. The maximum atomic E-state index is 3.62. The van der Waals surface area contributed by atoms with E-state index >= 15 is 0 Å². The summed E-state index contributed by atoms with van der Waals surface area (Å²) >= 11 is 1.89. The van der Waals surface area contributed by atoms with Crippen molar-refractivity contribution < 1.29 is 0 Å². The lowest BCUT2D eigenvalue weighted by molar-refractivity contribution is 1.57. The van der Waals surface area contributed by atoms with Crippen molar-refractivity contribution in [2.45, 2.75) is 0 Å². The number of nitrogens with one attached hydrogen (secondary N) is 1. The SMILES string of the molecule is c1ccc2c(c1)[nH]c1c2ccc2c1ccc1c3ccccc3sc12. The second-order valence-electron chi connectivity index (χ2n) is 6.29. The Morgan fingerprint density at radius 2 is 1.17 bits per heavy atom. The minimum absolute atomic E-state index is 1.21. The van der Waals surface area contributed by atoms with Crippen LogP contribution >= 0.6 is 11.3 Å². The Labute approximate surface area is 142 Å². The molecular formula is C22H13NS. The predicted octanol–water partition coefficient (Wildman–Crippen LogP) is 6.84. The second kappa shape index (κ2) is 4.37. The van der Waals surface area contributed by atoms with Crippen LogP contribution < -0.4 is 0 Å². The van der Waals surface area contributed by atoms with E-state index in [2.05, 4.69) is 77.8 Å². The molecule has 2 aromatic heterocycles. The molecule has 0 aliphatic rings. The van der Waals surface area contributed by atoms with Gasteiger partial charge in [0.05, 0.1) is 5.52 Å². The molecule has 2 heterocycles. The van der Waals surface area contributed by atoms with Crippen molar-refractivity contribution in [3.05, 3.63) is 72.8 Å². The van der Waals surface area contributed by atoms with Crippen LogP contribution in [0.5, 0.6) is 0 Å². The maximum Gasteiger partial charge on any atom is 0.0545 e. The minimum Gasteiger partial charge on any atom is -0.354 e. The van der Waals surface area contributed by atoms with Gasteiger partial charge in [0.25, 0.3) is 0 Å². The summed E-state index contributed by atoms with van der Waals surface area (Å²) in [5.74, 6) is 0. The van der Waals surface area contributed by atoms with Gasteiger partial charge in [0.1, 0.15) is 0 Å². The Balaban J connectivity index is 1.86. The first-order valence-electron chi connectivity index (χ1n) is 8.13. The average molecular weight is 323 g/mol. The van der Waals surface area contributed by atoms with E-state index in [1.165, 1.54) is 52.8 Å². The van der Waals surface area contributed by atoms with Crippen molar-refractivity contribution in [1.29, 1.82) is 0 Å². The number of aromatic nitrogens is 1. The largest absolute Gasteiger partial charge is 0.354 e. The molecule has 112 valence electrons. The summed E-state index contributed by atoms with van der Waals surface area (Å²) in [5.41, 5.74) is 2.45. The highest BCUT2D eigenvalue weighted by atomic mass is 32.1. The first-order chi connectivity index (χ1) is 11.9. The molecule has 0 amide bonds. The number of fused-ring (bicyclic) bond motifs is 9. The molecule has 1 nitrogen and oxygen atoms in total. The molecule has 0 aliphatic carbocycles. The summed E-state index contributed by atoms with van der Waals surface area (Å²) in [6.45, 7) is 0. The van der Waals surface area contributed by atoms with Crippen LogP contribution in [0.4, 0.5) is 0 Å². The smallest absolute Gasteiger partial charge is 0.0545 e. The van der Waals surface area contributed by atoms with E-state index in [9.17, 15) is 0 Å². The summed E-state index contributed by atoms with van der Waals surface area (Å²) in [5, 5.41) is 7.97. The Morgan fingerprint density at radius 3 is 2.04 bits per heavy atom. The highest BCUT2D eigenvalue weighted by Gasteiger charge is 2.12. The summed E-state index contributed by atoms with van der Waals surface area (Å²) in [4.78, 5) is 3.62. The first-order valence-corrected chi connectivity index (χ1v) is 8.95. The molecule has 6 rings (SSSR count). The standard InChI is InChI=1S/C22H13NS/c1-3-7-19-13(5-1)15-9-12-18-16(21(15)23-19)10-11-17-14-6-2-4-8-20(14)24-22(17)18/h1-12,23H. The van der Waals surface area contributed by atoms with E-state index in [0.29, 0.717) is 0 Å². The summed E-state index contributed by atoms with van der Waals surface area (Å²) in [7, 11) is 0. The van der Waals surface area contributed by atoms with Crippen LogP contribution in [0.15, 0.2) is 72.8 Å². The molecule has 4 aromatic carbocycles. The molecule has 0 aliphatic heterocycles. The Morgan fingerprint density at radius 1 is 0.542 bits per heavy atom. The van der Waals surface area contributed by atoms with Crippen LogP contribution in [0.25, 0.3) is 52.8 Å². The van der Waals surface area contributed by atoms with Gasteiger partial charge in [-0.1, -0.05) is 60.7 Å². The Hall–Kier alpha value is -2.84. The number of thiophene rings is 1. The molecule has 6 aromatic rings. The average Bonchev–Trinajstić information content (AvgIpc) is 3.20. The van der Waals surface area contributed by atoms with Crippen LogP contribution in [0, 0.1) is 0 Å². The summed E-state index contributed by atoms with van der Waals surface area (Å²) < 4.78 is 2.74. The lowest BCUT2D eigenvalue weighted by Gasteiger charge is -2.02. The predicted molar refractivity (Wildman–Crippen MR) is 106 cm³/mol. The molecule has 0 atom stereocenters. The number of aromatic amines is 1. The molecule has 1 N–H and O–H groups in total. The summed E-state index contributed by atoms with van der Waals surface area (Å²) in [6, 6.07) is 26.3. The van der Waals surface area contributed by atoms with Crippen LogP contribution in [-0.4, -0.2) is 4.98 Å². The lowest BCUT2D eigenvalue weighted by Crippen LogP contribution is -1.76. The number of benzene rings is 4. The van der Waals surface area contributed by atoms with Crippen LogP contribution in [0.2, 0.25) is 0 Å². The third kappa shape index (κ3) is 1.49. The third-order valence-corrected chi connectivity index (χ3v) is 6.24. The molecule has 0 fully saturated rings. The van der Waals surface area contributed by atoms with Gasteiger partial charge >= 0.3 is 0 Å². The second-order valence-corrected chi connectivity index (χ2v) is 7.35. The highest BCUT2D eigenvalue weighted by Crippen LogP contribution is 2.40. The van der Waals surface area contributed by atoms with Gasteiger partial charge in [-0.2, -0.15) is 0 Å². The van der Waals surface area contributed by atoms with Crippen molar-refractivity contribution in [2.24, 2.45) is 0 Å². The van der Waals surface area contributed by atoms with Gasteiger partial charge in [0.15, 0.2) is 0 Å². The fourth-order valence-corrected chi connectivity index (χ4v) is 5.14. The number of hydrogen-bond donors (Lipinski definition) is 1. The Kier molecular flexibility index (Phi) is 2.29. The minimum atomic E-state index is 1.21. The monoisotopic (exact) mass is 323 g/mol.